The van der Waals surface area contributed by atoms with E-state index in [-0.39, 0.29) is 0 Å². The molecule has 2 aromatic rings. The largest absolute Gasteiger partial charge is 0.359 e. The molecule has 0 aliphatic rings. The van der Waals surface area contributed by atoms with Gasteiger partial charge >= 0.3 is 0 Å². The Morgan fingerprint density at radius 3 is 3.07 bits per heavy atom. The van der Waals surface area contributed by atoms with Crippen molar-refractivity contribution >= 4 is 11.3 Å². The molecule has 2 aromatic heterocycles. The third kappa shape index (κ3) is 1.73. The molecule has 1 atom stereocenters. The molecule has 2 rings (SSSR count). The molecule has 0 saturated carbocycles. The number of thiazole rings is 1. The molecule has 74 valence electrons. The summed E-state index contributed by atoms with van der Waals surface area (Å²) in [5, 5.41) is 3.25. The number of hydrogen-bond donors (Lipinski definition) is 1. The summed E-state index contributed by atoms with van der Waals surface area (Å²) in [6.45, 7) is 4.41. The minimum atomic E-state index is 0.565. The zero-order valence-corrected chi connectivity index (χ0v) is 9.27. The van der Waals surface area contributed by atoms with Crippen LogP contribution in [-0.2, 0) is 0 Å². The average Bonchev–Trinajstić information content (AvgIpc) is 2.86. The molecular weight excluding hydrogens is 192 g/mol. The van der Waals surface area contributed by atoms with E-state index in [0.717, 1.165) is 17.1 Å². The van der Waals surface area contributed by atoms with Gasteiger partial charge in [0.05, 0.1) is 11.4 Å². The fourth-order valence-electron chi connectivity index (χ4n) is 1.31. The third-order valence-corrected chi connectivity index (χ3v) is 3.36. The highest BCUT2D eigenvalue weighted by atomic mass is 32.1. The number of hydrogen-bond acceptors (Lipinski definition) is 2. The third-order valence-electron chi connectivity index (χ3n) is 2.47. The predicted octanol–water partition coefficient (Wildman–Crippen LogP) is 3.65. The summed E-state index contributed by atoms with van der Waals surface area (Å²) in [5.74, 6) is 0.565. The van der Waals surface area contributed by atoms with Crippen LogP contribution in [0.4, 0.5) is 0 Å². The second kappa shape index (κ2) is 3.96. The zero-order chi connectivity index (χ0) is 9.97. The monoisotopic (exact) mass is 206 g/mol. The Morgan fingerprint density at radius 2 is 2.43 bits per heavy atom. The normalized spacial score (nSPS) is 13.0. The first kappa shape index (κ1) is 9.46. The Labute approximate surface area is 88.0 Å². The van der Waals surface area contributed by atoms with Gasteiger partial charge in [0.2, 0.25) is 0 Å². The molecule has 0 fully saturated rings. The molecule has 3 heteroatoms. The SMILES string of the molecule is CCC(C)c1csc(-c2ccc[nH]2)n1. The van der Waals surface area contributed by atoms with E-state index in [2.05, 4.69) is 35.3 Å². The smallest absolute Gasteiger partial charge is 0.139 e. The molecule has 0 aliphatic carbocycles. The van der Waals surface area contributed by atoms with Gasteiger partial charge in [-0.05, 0) is 24.5 Å². The number of nitrogens with zero attached hydrogens (tertiary/aromatic N) is 1. The number of aromatic amines is 1. The fourth-order valence-corrected chi connectivity index (χ4v) is 2.24. The highest BCUT2D eigenvalue weighted by Gasteiger charge is 2.09. The van der Waals surface area contributed by atoms with Crippen LogP contribution >= 0.6 is 11.3 Å². The van der Waals surface area contributed by atoms with Crippen molar-refractivity contribution in [2.45, 2.75) is 26.2 Å². The highest BCUT2D eigenvalue weighted by Crippen LogP contribution is 2.26. The molecule has 0 radical (unpaired) electrons. The molecule has 0 bridgehead atoms. The van der Waals surface area contributed by atoms with Crippen LogP contribution in [0.15, 0.2) is 23.7 Å². The number of H-pyrrole nitrogens is 1. The molecule has 1 unspecified atom stereocenters. The Balaban J connectivity index is 2.26. The summed E-state index contributed by atoms with van der Waals surface area (Å²) in [4.78, 5) is 7.78. The van der Waals surface area contributed by atoms with E-state index in [4.69, 9.17) is 0 Å². The Kier molecular flexibility index (Phi) is 2.68. The van der Waals surface area contributed by atoms with Crippen molar-refractivity contribution in [1.82, 2.24) is 9.97 Å². The number of rotatable bonds is 3. The zero-order valence-electron chi connectivity index (χ0n) is 8.45. The topological polar surface area (TPSA) is 28.7 Å². The Hall–Kier alpha value is -1.09. The highest BCUT2D eigenvalue weighted by molar-refractivity contribution is 7.13. The first-order chi connectivity index (χ1) is 6.81. The van der Waals surface area contributed by atoms with Crippen molar-refractivity contribution in [3.8, 4) is 10.7 Å². The van der Waals surface area contributed by atoms with Crippen LogP contribution in [0.2, 0.25) is 0 Å². The lowest BCUT2D eigenvalue weighted by Crippen LogP contribution is -1.90. The van der Waals surface area contributed by atoms with Gasteiger partial charge in [-0.15, -0.1) is 11.3 Å². The number of aromatic nitrogens is 2. The van der Waals surface area contributed by atoms with Crippen LogP contribution in [-0.4, -0.2) is 9.97 Å². The molecule has 2 heterocycles. The van der Waals surface area contributed by atoms with Gasteiger partial charge in [0.1, 0.15) is 5.01 Å². The first-order valence-corrected chi connectivity index (χ1v) is 5.78. The van der Waals surface area contributed by atoms with E-state index >= 15 is 0 Å². The van der Waals surface area contributed by atoms with Crippen LogP contribution in [0.25, 0.3) is 10.7 Å². The quantitative estimate of drug-likeness (QED) is 0.815. The van der Waals surface area contributed by atoms with Gasteiger partial charge in [-0.25, -0.2) is 4.98 Å². The van der Waals surface area contributed by atoms with Crippen LogP contribution in [0.3, 0.4) is 0 Å². The standard InChI is InChI=1S/C11H14N2S/c1-3-8(2)10-7-14-11(13-10)9-5-4-6-12-9/h4-8,12H,3H2,1-2H3. The molecule has 14 heavy (non-hydrogen) atoms. The minimum absolute atomic E-state index is 0.565. The second-order valence-electron chi connectivity index (χ2n) is 3.47. The van der Waals surface area contributed by atoms with Gasteiger partial charge in [0.15, 0.2) is 0 Å². The lowest BCUT2D eigenvalue weighted by Gasteiger charge is -2.02. The van der Waals surface area contributed by atoms with Crippen LogP contribution in [0.1, 0.15) is 31.9 Å². The van der Waals surface area contributed by atoms with E-state index < -0.39 is 0 Å². The molecule has 0 saturated heterocycles. The van der Waals surface area contributed by atoms with Crippen LogP contribution < -0.4 is 0 Å². The van der Waals surface area contributed by atoms with Crippen molar-refractivity contribution in [3.63, 3.8) is 0 Å². The van der Waals surface area contributed by atoms with Crippen molar-refractivity contribution in [3.05, 3.63) is 29.4 Å². The van der Waals surface area contributed by atoms with E-state index in [0.29, 0.717) is 5.92 Å². The van der Waals surface area contributed by atoms with Crippen molar-refractivity contribution in [2.75, 3.05) is 0 Å². The predicted molar refractivity (Wildman–Crippen MR) is 60.6 cm³/mol. The summed E-state index contributed by atoms with van der Waals surface area (Å²) in [5.41, 5.74) is 2.33. The molecule has 2 nitrogen and oxygen atoms in total. The van der Waals surface area contributed by atoms with Gasteiger partial charge in [-0.3, -0.25) is 0 Å². The van der Waals surface area contributed by atoms with Gasteiger partial charge in [0, 0.05) is 11.6 Å². The summed E-state index contributed by atoms with van der Waals surface area (Å²) >= 11 is 1.71. The van der Waals surface area contributed by atoms with E-state index in [1.54, 1.807) is 11.3 Å². The van der Waals surface area contributed by atoms with Crippen molar-refractivity contribution in [1.29, 1.82) is 0 Å². The Morgan fingerprint density at radius 1 is 1.57 bits per heavy atom. The van der Waals surface area contributed by atoms with Gasteiger partial charge in [-0.1, -0.05) is 13.8 Å². The second-order valence-corrected chi connectivity index (χ2v) is 4.33. The number of nitrogens with one attached hydrogen (secondary N) is 1. The summed E-state index contributed by atoms with van der Waals surface area (Å²) in [6, 6.07) is 4.05. The van der Waals surface area contributed by atoms with Crippen molar-refractivity contribution < 1.29 is 0 Å². The maximum atomic E-state index is 4.61. The summed E-state index contributed by atoms with van der Waals surface area (Å²) in [7, 11) is 0. The minimum Gasteiger partial charge on any atom is -0.359 e. The maximum absolute atomic E-state index is 4.61. The van der Waals surface area contributed by atoms with Crippen LogP contribution in [0, 0.1) is 0 Å². The Bertz CT molecular complexity index is 389. The average molecular weight is 206 g/mol. The molecule has 1 N–H and O–H groups in total. The summed E-state index contributed by atoms with van der Waals surface area (Å²) in [6.07, 6.45) is 3.08. The lowest BCUT2D eigenvalue weighted by molar-refractivity contribution is 0.714. The first-order valence-electron chi connectivity index (χ1n) is 4.90. The van der Waals surface area contributed by atoms with E-state index in [1.165, 1.54) is 5.69 Å². The molecule has 0 spiro atoms. The van der Waals surface area contributed by atoms with E-state index in [9.17, 15) is 0 Å². The molecule has 0 amide bonds. The summed E-state index contributed by atoms with van der Waals surface area (Å²) < 4.78 is 0. The lowest BCUT2D eigenvalue weighted by atomic mass is 10.1. The maximum Gasteiger partial charge on any atom is 0.139 e. The molecule has 0 aromatic carbocycles. The van der Waals surface area contributed by atoms with Crippen molar-refractivity contribution in [2.24, 2.45) is 0 Å². The molecule has 0 aliphatic heterocycles. The fraction of sp³-hybridized carbons (Fsp3) is 0.364. The molecular formula is C11H14N2S. The van der Waals surface area contributed by atoms with Crippen LogP contribution in [0.5, 0.6) is 0 Å². The van der Waals surface area contributed by atoms with E-state index in [1.807, 2.05) is 12.3 Å². The van der Waals surface area contributed by atoms with Gasteiger partial charge < -0.3 is 4.98 Å². The van der Waals surface area contributed by atoms with Gasteiger partial charge in [-0.2, -0.15) is 0 Å². The van der Waals surface area contributed by atoms with Gasteiger partial charge in [0.25, 0.3) is 0 Å².